The lowest BCUT2D eigenvalue weighted by Gasteiger charge is -2.30. The number of aryl methyl sites for hydroxylation is 1. The average Bonchev–Trinajstić information content (AvgIpc) is 3.53. The zero-order valence-electron chi connectivity index (χ0n) is 22.7. The van der Waals surface area contributed by atoms with Crippen molar-refractivity contribution in [2.45, 2.75) is 45.7 Å². The highest BCUT2D eigenvalue weighted by atomic mass is 79.9. The van der Waals surface area contributed by atoms with E-state index in [0.717, 1.165) is 29.3 Å². The smallest absolute Gasteiger partial charge is 0.254 e. The number of carbonyl (C=O) groups excluding carboxylic acids is 2. The van der Waals surface area contributed by atoms with Crippen LogP contribution in [0.2, 0.25) is 0 Å². The molecule has 1 aliphatic carbocycles. The van der Waals surface area contributed by atoms with Crippen LogP contribution in [0.25, 0.3) is 11.3 Å². The van der Waals surface area contributed by atoms with Crippen LogP contribution in [0.4, 0.5) is 8.78 Å². The molecule has 1 saturated heterocycles. The number of likely N-dealkylation sites (N-methyl/N-ethyl adjacent to an activating group) is 1. The number of rotatable bonds is 9. The molecule has 0 radical (unpaired) electrons. The van der Waals surface area contributed by atoms with Crippen LogP contribution in [0.5, 0.6) is 5.75 Å². The van der Waals surface area contributed by atoms with Gasteiger partial charge < -0.3 is 14.5 Å². The summed E-state index contributed by atoms with van der Waals surface area (Å²) in [5.74, 6) is -1.74. The number of aromatic nitrogens is 3. The number of hydrogen-bond acceptors (Lipinski definition) is 5. The summed E-state index contributed by atoms with van der Waals surface area (Å²) < 4.78 is 36.7. The van der Waals surface area contributed by atoms with Crippen molar-refractivity contribution >= 4 is 27.7 Å². The summed E-state index contributed by atoms with van der Waals surface area (Å²) in [5, 5.41) is 8.27. The van der Waals surface area contributed by atoms with Gasteiger partial charge in [0.25, 0.3) is 5.91 Å². The van der Waals surface area contributed by atoms with Gasteiger partial charge in [0.05, 0.1) is 31.9 Å². The second-order valence-electron chi connectivity index (χ2n) is 10.6. The topological polar surface area (TPSA) is 80.6 Å². The van der Waals surface area contributed by atoms with E-state index in [9.17, 15) is 18.4 Å². The number of benzene rings is 2. The monoisotopic (exact) mass is 615 g/mol. The minimum Gasteiger partial charge on any atom is -0.491 e. The zero-order chi connectivity index (χ0) is 28.6. The molecule has 1 saturated carbocycles. The van der Waals surface area contributed by atoms with Crippen LogP contribution in [-0.2, 0) is 11.3 Å². The van der Waals surface area contributed by atoms with Gasteiger partial charge in [-0.1, -0.05) is 27.2 Å². The SMILES string of the molecule is CCOc1ccc(-c2cn(CC3C(C4CC4)CCN3C(=O)CN(C)C(=O)c3cc(Br)ccc3C)nn2)c(F)c1F. The van der Waals surface area contributed by atoms with Crippen LogP contribution in [0.15, 0.2) is 41.0 Å². The molecule has 1 aliphatic heterocycles. The summed E-state index contributed by atoms with van der Waals surface area (Å²) in [6, 6.07) is 8.18. The van der Waals surface area contributed by atoms with Gasteiger partial charge in [-0.25, -0.2) is 9.07 Å². The molecule has 11 heteroatoms. The first-order valence-corrected chi connectivity index (χ1v) is 14.3. The lowest BCUT2D eigenvalue weighted by atomic mass is 9.95. The first-order chi connectivity index (χ1) is 19.2. The maximum absolute atomic E-state index is 14.8. The molecule has 0 spiro atoms. The maximum Gasteiger partial charge on any atom is 0.254 e. The highest BCUT2D eigenvalue weighted by Gasteiger charge is 2.45. The first-order valence-electron chi connectivity index (χ1n) is 13.5. The van der Waals surface area contributed by atoms with E-state index in [1.54, 1.807) is 30.9 Å². The lowest BCUT2D eigenvalue weighted by Crippen LogP contribution is -2.46. The highest BCUT2D eigenvalue weighted by molar-refractivity contribution is 9.10. The molecule has 2 atom stereocenters. The molecular weight excluding hydrogens is 584 g/mol. The molecule has 3 aromatic rings. The van der Waals surface area contributed by atoms with E-state index in [-0.39, 0.29) is 48.0 Å². The first kappa shape index (κ1) is 28.2. The summed E-state index contributed by atoms with van der Waals surface area (Å²) in [5.41, 5.74) is 1.58. The van der Waals surface area contributed by atoms with E-state index in [0.29, 0.717) is 30.5 Å². The van der Waals surface area contributed by atoms with Crippen molar-refractivity contribution < 1.29 is 23.1 Å². The Morgan fingerprint density at radius 3 is 2.65 bits per heavy atom. The zero-order valence-corrected chi connectivity index (χ0v) is 24.3. The average molecular weight is 617 g/mol. The minimum atomic E-state index is -1.06. The summed E-state index contributed by atoms with van der Waals surface area (Å²) in [7, 11) is 1.64. The second-order valence-corrected chi connectivity index (χ2v) is 11.5. The van der Waals surface area contributed by atoms with Gasteiger partial charge in [0.15, 0.2) is 11.6 Å². The largest absolute Gasteiger partial charge is 0.491 e. The Kier molecular flexibility index (Phi) is 8.21. The van der Waals surface area contributed by atoms with Gasteiger partial charge in [-0.15, -0.1) is 5.10 Å². The molecule has 5 rings (SSSR count). The van der Waals surface area contributed by atoms with Crippen molar-refractivity contribution in [3.63, 3.8) is 0 Å². The normalized spacial score (nSPS) is 18.7. The van der Waals surface area contributed by atoms with Gasteiger partial charge in [-0.2, -0.15) is 4.39 Å². The van der Waals surface area contributed by atoms with E-state index in [1.165, 1.54) is 17.0 Å². The molecule has 40 heavy (non-hydrogen) atoms. The molecule has 0 N–H and O–H groups in total. The fourth-order valence-electron chi connectivity index (χ4n) is 5.59. The number of hydrogen-bond donors (Lipinski definition) is 0. The molecule has 1 aromatic heterocycles. The number of carbonyl (C=O) groups is 2. The van der Waals surface area contributed by atoms with Crippen molar-refractivity contribution in [3.8, 4) is 17.0 Å². The Hall–Kier alpha value is -3.34. The molecule has 212 valence electrons. The molecule has 8 nitrogen and oxygen atoms in total. The predicted octanol–water partition coefficient (Wildman–Crippen LogP) is 5.09. The third-order valence-electron chi connectivity index (χ3n) is 7.83. The number of amides is 2. The Balaban J connectivity index is 1.31. The van der Waals surface area contributed by atoms with Gasteiger partial charge in [0.2, 0.25) is 11.7 Å². The third kappa shape index (κ3) is 5.75. The Bertz CT molecular complexity index is 1430. The van der Waals surface area contributed by atoms with E-state index < -0.39 is 11.6 Å². The van der Waals surface area contributed by atoms with Crippen LogP contribution in [-0.4, -0.2) is 69.4 Å². The molecule has 2 aliphatic rings. The predicted molar refractivity (Wildman–Crippen MR) is 149 cm³/mol. The van der Waals surface area contributed by atoms with Gasteiger partial charge in [-0.05, 0) is 74.8 Å². The van der Waals surface area contributed by atoms with Crippen molar-refractivity contribution in [1.29, 1.82) is 0 Å². The molecule has 2 heterocycles. The minimum absolute atomic E-state index is 0.00622. The summed E-state index contributed by atoms with van der Waals surface area (Å²) in [4.78, 5) is 29.9. The van der Waals surface area contributed by atoms with Gasteiger partial charge in [-0.3, -0.25) is 9.59 Å². The van der Waals surface area contributed by atoms with Gasteiger partial charge >= 0.3 is 0 Å². The number of halogens is 3. The molecule has 2 amide bonds. The van der Waals surface area contributed by atoms with Gasteiger partial charge in [0, 0.05) is 29.2 Å². The van der Waals surface area contributed by atoms with Gasteiger partial charge in [0.1, 0.15) is 5.69 Å². The standard InChI is InChI=1S/C29H32BrF2N5O3/c1-4-40-25-10-9-21(27(31)28(25)32)23-14-36(34-33-23)15-24-20(18-6-7-18)11-12-37(24)26(38)16-35(3)29(39)22-13-19(30)8-5-17(22)2/h5,8-10,13-14,18,20,24H,4,6-7,11-12,15-16H2,1-3H3. The fourth-order valence-corrected chi connectivity index (χ4v) is 5.95. The van der Waals surface area contributed by atoms with Crippen molar-refractivity contribution in [1.82, 2.24) is 24.8 Å². The molecule has 0 bridgehead atoms. The molecule has 2 aromatic carbocycles. The van der Waals surface area contributed by atoms with Crippen LogP contribution in [0.3, 0.4) is 0 Å². The van der Waals surface area contributed by atoms with Crippen LogP contribution < -0.4 is 4.74 Å². The van der Waals surface area contributed by atoms with Crippen LogP contribution in [0.1, 0.15) is 42.1 Å². The van der Waals surface area contributed by atoms with Crippen LogP contribution >= 0.6 is 15.9 Å². The van der Waals surface area contributed by atoms with Crippen molar-refractivity contribution in [2.24, 2.45) is 11.8 Å². The number of likely N-dealkylation sites (tertiary alicyclic amines) is 1. The Morgan fingerprint density at radius 1 is 1.15 bits per heavy atom. The third-order valence-corrected chi connectivity index (χ3v) is 8.32. The van der Waals surface area contributed by atoms with Crippen LogP contribution in [0, 0.1) is 30.4 Å². The van der Waals surface area contributed by atoms with E-state index in [4.69, 9.17) is 4.74 Å². The van der Waals surface area contributed by atoms with Crippen molar-refractivity contribution in [3.05, 3.63) is 63.8 Å². The number of nitrogens with zero attached hydrogens (tertiary/aromatic N) is 5. The number of ether oxygens (including phenoxy) is 1. The van der Waals surface area contributed by atoms with Crippen molar-refractivity contribution in [2.75, 3.05) is 26.7 Å². The summed E-state index contributed by atoms with van der Waals surface area (Å²) >= 11 is 3.41. The second kappa shape index (κ2) is 11.6. The maximum atomic E-state index is 14.8. The summed E-state index contributed by atoms with van der Waals surface area (Å²) in [6.07, 6.45) is 4.71. The fraction of sp³-hybridized carbons (Fsp3) is 0.448. The van der Waals surface area contributed by atoms with E-state index in [1.807, 2.05) is 24.0 Å². The molecular formula is C29H32BrF2N5O3. The lowest BCUT2D eigenvalue weighted by molar-refractivity contribution is -0.133. The Morgan fingerprint density at radius 2 is 1.93 bits per heavy atom. The Labute approximate surface area is 240 Å². The van der Waals surface area contributed by atoms with E-state index in [2.05, 4.69) is 26.2 Å². The van der Waals surface area contributed by atoms with E-state index >= 15 is 0 Å². The quantitative estimate of drug-likeness (QED) is 0.335. The summed E-state index contributed by atoms with van der Waals surface area (Å²) in [6.45, 7) is 4.72. The highest BCUT2D eigenvalue weighted by Crippen LogP contribution is 2.45. The molecule has 2 fully saturated rings. The molecule has 2 unspecified atom stereocenters.